The number of ketones is 1. The van der Waals surface area contributed by atoms with Crippen molar-refractivity contribution >= 4 is 102 Å². The van der Waals surface area contributed by atoms with Crippen molar-refractivity contribution in [2.24, 2.45) is 0 Å². The van der Waals surface area contributed by atoms with Gasteiger partial charge in [0.1, 0.15) is 11.5 Å². The third-order valence-corrected chi connectivity index (χ3v) is 6.16. The molecule has 0 amide bonds. The molecule has 0 aliphatic carbocycles. The van der Waals surface area contributed by atoms with E-state index >= 15 is 0 Å². The van der Waals surface area contributed by atoms with Crippen LogP contribution in [0.3, 0.4) is 0 Å². The van der Waals surface area contributed by atoms with Crippen molar-refractivity contribution in [1.82, 2.24) is 0 Å². The molecule has 9 heteroatoms. The average Bonchev–Trinajstić information content (AvgIpc) is 2.44. The summed E-state index contributed by atoms with van der Waals surface area (Å²) in [6.45, 7) is -0.437. The number of carbonyl (C=O) groups excluding carboxylic acids is 1. The van der Waals surface area contributed by atoms with Crippen LogP contribution in [-0.2, 0) is 4.79 Å². The van der Waals surface area contributed by atoms with Crippen LogP contribution in [0.2, 0.25) is 0 Å². The molecule has 0 saturated heterocycles. The number of aromatic hydroxyl groups is 1. The van der Waals surface area contributed by atoms with Gasteiger partial charge in [-0.05, 0) is 115 Å². The lowest BCUT2D eigenvalue weighted by atomic mass is 10.0. The van der Waals surface area contributed by atoms with Crippen LogP contribution in [0.25, 0.3) is 0 Å². The average molecular weight is 776 g/mol. The number of hydrogen-bond donors (Lipinski definition) is 2. The number of benzene rings is 2. The maximum absolute atomic E-state index is 12.8. The van der Waals surface area contributed by atoms with E-state index in [9.17, 15) is 14.7 Å². The number of hydrogen-bond acceptors (Lipinski definition) is 4. The van der Waals surface area contributed by atoms with Crippen molar-refractivity contribution in [3.05, 3.63) is 49.7 Å². The van der Waals surface area contributed by atoms with E-state index in [2.05, 4.69) is 0 Å². The van der Waals surface area contributed by atoms with Gasteiger partial charge < -0.3 is 14.9 Å². The van der Waals surface area contributed by atoms with Gasteiger partial charge in [0.15, 0.2) is 12.4 Å². The molecule has 0 heterocycles. The van der Waals surface area contributed by atoms with Gasteiger partial charge in [-0.1, -0.05) is 0 Å². The first-order valence-electron chi connectivity index (χ1n) is 6.27. The number of carbonyl (C=O) groups is 2. The molecule has 0 unspecified atom stereocenters. The maximum atomic E-state index is 12.8. The van der Waals surface area contributed by atoms with Crippen molar-refractivity contribution in [2.45, 2.75) is 0 Å². The van der Waals surface area contributed by atoms with E-state index in [-0.39, 0.29) is 11.5 Å². The maximum Gasteiger partial charge on any atom is 0.341 e. The van der Waals surface area contributed by atoms with E-state index < -0.39 is 12.6 Å². The molecule has 2 rings (SSSR count). The molecule has 126 valence electrons. The predicted molar refractivity (Wildman–Crippen MR) is 122 cm³/mol. The molecule has 0 aliphatic heterocycles. The summed E-state index contributed by atoms with van der Waals surface area (Å²) in [5.74, 6) is -0.661. The Morgan fingerprint density at radius 3 is 1.88 bits per heavy atom. The number of aliphatic carboxylic acids is 1. The molecule has 0 atom stereocenters. The highest BCUT2D eigenvalue weighted by atomic mass is 127. The molecule has 0 bridgehead atoms. The van der Waals surface area contributed by atoms with E-state index in [1.165, 1.54) is 12.1 Å². The van der Waals surface area contributed by atoms with Gasteiger partial charge in [0.25, 0.3) is 0 Å². The SMILES string of the molecule is O=C(O)COc1c(I)cc(C(=O)c2c(I)cc(O)cc2I)cc1I. The third kappa shape index (κ3) is 4.84. The van der Waals surface area contributed by atoms with Crippen molar-refractivity contribution in [2.75, 3.05) is 6.61 Å². The summed E-state index contributed by atoms with van der Waals surface area (Å²) >= 11 is 8.07. The first-order chi connectivity index (χ1) is 11.2. The normalized spacial score (nSPS) is 10.5. The molecule has 2 aromatic rings. The standard InChI is InChI=1S/C15H8I4O5/c16-8-3-7(20)4-9(17)13(8)14(23)6-1-10(18)15(11(19)2-6)24-5-12(21)22/h1-4,20H,5H2,(H,21,22). The first kappa shape index (κ1) is 20.4. The van der Waals surface area contributed by atoms with Crippen molar-refractivity contribution < 1.29 is 24.5 Å². The summed E-state index contributed by atoms with van der Waals surface area (Å²) in [5, 5.41) is 18.3. The fourth-order valence-electron chi connectivity index (χ4n) is 1.88. The highest BCUT2D eigenvalue weighted by Gasteiger charge is 2.20. The van der Waals surface area contributed by atoms with Crippen LogP contribution in [-0.4, -0.2) is 28.6 Å². The number of phenolic OH excluding ortho intramolecular Hbond substituents is 1. The van der Waals surface area contributed by atoms with Crippen LogP contribution in [0.5, 0.6) is 11.5 Å². The Morgan fingerprint density at radius 1 is 0.917 bits per heavy atom. The molecular weight excluding hydrogens is 768 g/mol. The summed E-state index contributed by atoms with van der Waals surface area (Å²) in [6.07, 6.45) is 0. The lowest BCUT2D eigenvalue weighted by Gasteiger charge is -2.12. The Kier molecular flexibility index (Phi) is 7.36. The molecule has 5 nitrogen and oxygen atoms in total. The molecule has 24 heavy (non-hydrogen) atoms. The van der Waals surface area contributed by atoms with Crippen LogP contribution in [0.1, 0.15) is 15.9 Å². The Morgan fingerprint density at radius 2 is 1.42 bits per heavy atom. The second-order valence-corrected chi connectivity index (χ2v) is 9.21. The summed E-state index contributed by atoms with van der Waals surface area (Å²) in [4.78, 5) is 23.5. The molecule has 0 aromatic heterocycles. The molecule has 0 aliphatic rings. The fraction of sp³-hybridized carbons (Fsp3) is 0.0667. The van der Waals surface area contributed by atoms with Gasteiger partial charge in [-0.25, -0.2) is 4.79 Å². The Balaban J connectivity index is 2.43. The fourth-order valence-corrected chi connectivity index (χ4v) is 6.19. The second-order valence-electron chi connectivity index (χ2n) is 4.56. The van der Waals surface area contributed by atoms with Gasteiger partial charge >= 0.3 is 5.97 Å². The van der Waals surface area contributed by atoms with Crippen molar-refractivity contribution in [1.29, 1.82) is 0 Å². The smallest absolute Gasteiger partial charge is 0.341 e. The number of rotatable bonds is 5. The first-order valence-corrected chi connectivity index (χ1v) is 10.6. The number of carboxylic acids is 1. The summed E-state index contributed by atoms with van der Waals surface area (Å²) in [5.41, 5.74) is 1.01. The molecule has 0 radical (unpaired) electrons. The zero-order valence-electron chi connectivity index (χ0n) is 11.6. The topological polar surface area (TPSA) is 83.8 Å². The van der Waals surface area contributed by atoms with Gasteiger partial charge in [-0.2, -0.15) is 0 Å². The van der Waals surface area contributed by atoms with Crippen LogP contribution < -0.4 is 4.74 Å². The molecule has 0 spiro atoms. The molecule has 2 aromatic carbocycles. The van der Waals surface area contributed by atoms with E-state index in [1.807, 2.05) is 90.4 Å². The number of carboxylic acid groups (broad SMARTS) is 1. The van der Waals surface area contributed by atoms with E-state index in [1.54, 1.807) is 12.1 Å². The Bertz CT molecular complexity index is 789. The van der Waals surface area contributed by atoms with Crippen molar-refractivity contribution in [3.63, 3.8) is 0 Å². The van der Waals surface area contributed by atoms with Crippen LogP contribution in [0, 0.1) is 14.3 Å². The quantitative estimate of drug-likeness (QED) is 0.346. The lowest BCUT2D eigenvalue weighted by molar-refractivity contribution is -0.139. The molecular formula is C15H8I4O5. The van der Waals surface area contributed by atoms with Crippen LogP contribution >= 0.6 is 90.4 Å². The predicted octanol–water partition coefficient (Wildman–Crippen LogP) is 4.51. The summed E-state index contributed by atoms with van der Waals surface area (Å²) in [7, 11) is 0. The number of halogens is 4. The number of phenols is 1. The van der Waals surface area contributed by atoms with Gasteiger partial charge in [0.05, 0.1) is 7.14 Å². The van der Waals surface area contributed by atoms with Gasteiger partial charge in [0.2, 0.25) is 0 Å². The van der Waals surface area contributed by atoms with Gasteiger partial charge in [0, 0.05) is 18.3 Å². The zero-order chi connectivity index (χ0) is 18.0. The van der Waals surface area contributed by atoms with Crippen LogP contribution in [0.4, 0.5) is 0 Å². The minimum Gasteiger partial charge on any atom is -0.508 e. The molecule has 0 saturated carbocycles. The van der Waals surface area contributed by atoms with E-state index in [0.29, 0.717) is 31.2 Å². The van der Waals surface area contributed by atoms with Crippen LogP contribution in [0.15, 0.2) is 24.3 Å². The van der Waals surface area contributed by atoms with Gasteiger partial charge in [-0.15, -0.1) is 0 Å². The summed E-state index contributed by atoms with van der Waals surface area (Å²) in [6, 6.07) is 6.41. The van der Waals surface area contributed by atoms with E-state index in [0.717, 1.165) is 0 Å². The minimum atomic E-state index is -1.06. The highest BCUT2D eigenvalue weighted by molar-refractivity contribution is 14.1. The third-order valence-electron chi connectivity index (χ3n) is 2.85. The largest absolute Gasteiger partial charge is 0.508 e. The minimum absolute atomic E-state index is 0.113. The van der Waals surface area contributed by atoms with Gasteiger partial charge in [-0.3, -0.25) is 4.79 Å². The number of ether oxygens (including phenoxy) is 1. The zero-order valence-corrected chi connectivity index (χ0v) is 20.3. The summed E-state index contributed by atoms with van der Waals surface area (Å²) < 4.78 is 7.92. The van der Waals surface area contributed by atoms with Crippen molar-refractivity contribution in [3.8, 4) is 11.5 Å². The monoisotopic (exact) mass is 776 g/mol. The Hall–Kier alpha value is 0.1000. The second kappa shape index (κ2) is 8.66. The lowest BCUT2D eigenvalue weighted by Crippen LogP contribution is -2.12. The molecule has 2 N–H and O–H groups in total. The molecule has 0 fully saturated rings. The highest BCUT2D eigenvalue weighted by Crippen LogP contribution is 2.32. The van der Waals surface area contributed by atoms with E-state index in [4.69, 9.17) is 9.84 Å². The Labute approximate surface area is 192 Å².